The van der Waals surface area contributed by atoms with E-state index in [0.29, 0.717) is 25.7 Å². The van der Waals surface area contributed by atoms with Crippen molar-refractivity contribution < 1.29 is 22.7 Å². The second kappa shape index (κ2) is 13.0. The highest BCUT2D eigenvalue weighted by atomic mass is 32.2. The average molecular weight is 616 g/mol. The summed E-state index contributed by atoms with van der Waals surface area (Å²) < 4.78 is 37.2. The van der Waals surface area contributed by atoms with Gasteiger partial charge in [0.15, 0.2) is 0 Å². The number of nitrogens with zero attached hydrogens (tertiary/aromatic N) is 1. The number of hydrogen-bond donors (Lipinski definition) is 2. The van der Waals surface area contributed by atoms with E-state index in [1.54, 1.807) is 12.1 Å². The van der Waals surface area contributed by atoms with Gasteiger partial charge in [-0.05, 0) is 81.8 Å². The summed E-state index contributed by atoms with van der Waals surface area (Å²) in [5, 5.41) is 3.92. The lowest BCUT2D eigenvalue weighted by atomic mass is 9.85. The van der Waals surface area contributed by atoms with Crippen LogP contribution in [0.15, 0.2) is 89.8 Å². The number of fused-ring (bicyclic) bond motifs is 1. The van der Waals surface area contributed by atoms with Crippen LogP contribution >= 0.6 is 0 Å². The monoisotopic (exact) mass is 615 g/mol. The minimum absolute atomic E-state index is 0.0285. The van der Waals surface area contributed by atoms with Crippen molar-refractivity contribution in [3.8, 4) is 11.3 Å². The molecule has 4 aromatic rings. The number of aryl methyl sites for hydroxylation is 1. The van der Waals surface area contributed by atoms with Gasteiger partial charge in [-0.2, -0.15) is 0 Å². The molecule has 1 heterocycles. The molecule has 5 rings (SSSR count). The molecular formula is C35H41N3O5S. The number of hydrogen-bond acceptors (Lipinski definition) is 5. The quantitative estimate of drug-likeness (QED) is 0.216. The number of amides is 1. The van der Waals surface area contributed by atoms with Gasteiger partial charge in [0.25, 0.3) is 0 Å². The average Bonchev–Trinajstić information content (AvgIpc) is 3.32. The zero-order chi connectivity index (χ0) is 31.5. The molecule has 0 spiro atoms. The van der Waals surface area contributed by atoms with Gasteiger partial charge in [0.2, 0.25) is 15.9 Å². The second-order valence-electron chi connectivity index (χ2n) is 12.6. The molecule has 1 fully saturated rings. The van der Waals surface area contributed by atoms with E-state index < -0.39 is 21.7 Å². The van der Waals surface area contributed by atoms with Crippen molar-refractivity contribution in [2.45, 2.75) is 75.5 Å². The molecule has 0 aliphatic heterocycles. The fraction of sp³-hybridized carbons (Fsp3) is 0.371. The minimum atomic E-state index is -3.75. The van der Waals surface area contributed by atoms with Gasteiger partial charge in [-0.1, -0.05) is 60.7 Å². The van der Waals surface area contributed by atoms with Crippen molar-refractivity contribution in [3.05, 3.63) is 90.5 Å². The van der Waals surface area contributed by atoms with Crippen LogP contribution in [0.3, 0.4) is 0 Å². The van der Waals surface area contributed by atoms with Crippen LogP contribution in [0.5, 0.6) is 0 Å². The van der Waals surface area contributed by atoms with Crippen molar-refractivity contribution >= 4 is 32.8 Å². The Morgan fingerprint density at radius 3 is 2.18 bits per heavy atom. The van der Waals surface area contributed by atoms with Crippen LogP contribution in [0.1, 0.15) is 64.5 Å². The van der Waals surface area contributed by atoms with Crippen LogP contribution in [0, 0.1) is 5.92 Å². The Labute approximate surface area is 259 Å². The topological polar surface area (TPSA) is 107 Å². The molecule has 0 unspecified atom stereocenters. The molecule has 1 saturated carbocycles. The van der Waals surface area contributed by atoms with E-state index >= 15 is 0 Å². The maximum absolute atomic E-state index is 13.4. The summed E-state index contributed by atoms with van der Waals surface area (Å²) in [7, 11) is -1.77. The number of carbonyl (C=O) groups excluding carboxylic acids is 2. The lowest BCUT2D eigenvalue weighted by Crippen LogP contribution is -2.42. The molecule has 1 aromatic heterocycles. The molecule has 3 aromatic carbocycles. The lowest BCUT2D eigenvalue weighted by molar-refractivity contribution is -0.155. The number of aromatic nitrogens is 1. The molecular weight excluding hydrogens is 574 g/mol. The van der Waals surface area contributed by atoms with Crippen molar-refractivity contribution in [1.29, 1.82) is 0 Å². The third-order valence-corrected chi connectivity index (χ3v) is 9.64. The zero-order valence-electron chi connectivity index (χ0n) is 25.7. The van der Waals surface area contributed by atoms with Gasteiger partial charge >= 0.3 is 5.97 Å². The van der Waals surface area contributed by atoms with Crippen LogP contribution in [0.4, 0.5) is 0 Å². The van der Waals surface area contributed by atoms with E-state index in [4.69, 9.17) is 4.74 Å². The Morgan fingerprint density at radius 2 is 1.55 bits per heavy atom. The summed E-state index contributed by atoms with van der Waals surface area (Å²) in [5.41, 5.74) is 3.25. The normalized spacial score (nSPS) is 18.1. The van der Waals surface area contributed by atoms with E-state index in [9.17, 15) is 18.0 Å². The Morgan fingerprint density at radius 1 is 0.909 bits per heavy atom. The van der Waals surface area contributed by atoms with E-state index in [1.807, 2.05) is 101 Å². The Hall–Kier alpha value is -3.95. The van der Waals surface area contributed by atoms with Crippen molar-refractivity contribution in [2.24, 2.45) is 13.0 Å². The zero-order valence-corrected chi connectivity index (χ0v) is 26.6. The van der Waals surface area contributed by atoms with Gasteiger partial charge in [0.1, 0.15) is 5.60 Å². The van der Waals surface area contributed by atoms with E-state index in [1.165, 1.54) is 0 Å². The van der Waals surface area contributed by atoms with Gasteiger partial charge in [0.05, 0.1) is 17.4 Å². The number of ether oxygens (including phenoxy) is 1. The smallest absolute Gasteiger partial charge is 0.308 e. The lowest BCUT2D eigenvalue weighted by Gasteiger charge is -2.30. The second-order valence-corrected chi connectivity index (χ2v) is 14.3. The molecule has 0 bridgehead atoms. The first kappa shape index (κ1) is 31.5. The predicted octanol–water partition coefficient (Wildman–Crippen LogP) is 6.27. The highest BCUT2D eigenvalue weighted by Crippen LogP contribution is 2.31. The van der Waals surface area contributed by atoms with Crippen molar-refractivity contribution in [3.63, 3.8) is 0 Å². The maximum Gasteiger partial charge on any atom is 0.308 e. The summed E-state index contributed by atoms with van der Waals surface area (Å²) in [6, 6.07) is 25.9. The third-order valence-electron chi connectivity index (χ3n) is 8.12. The number of benzene rings is 3. The molecule has 44 heavy (non-hydrogen) atoms. The number of esters is 1. The largest absolute Gasteiger partial charge is 0.460 e. The molecule has 9 heteroatoms. The highest BCUT2D eigenvalue weighted by Gasteiger charge is 2.31. The summed E-state index contributed by atoms with van der Waals surface area (Å²) >= 11 is 0. The molecule has 8 nitrogen and oxygen atoms in total. The van der Waals surface area contributed by atoms with Crippen LogP contribution in [0.2, 0.25) is 0 Å². The summed E-state index contributed by atoms with van der Waals surface area (Å²) in [5.74, 6) is -0.778. The van der Waals surface area contributed by atoms with Crippen LogP contribution in [-0.2, 0) is 31.4 Å². The summed E-state index contributed by atoms with van der Waals surface area (Å²) in [4.78, 5) is 26.1. The molecule has 1 aliphatic rings. The van der Waals surface area contributed by atoms with E-state index in [0.717, 1.165) is 27.7 Å². The standard InChI is InChI=1S/C35H41N3O5S/c1-35(2,3)43-33(39)23-30(24-11-7-5-8-12-24)36-34(40)26-15-17-28(18-16-26)37-44(41,42)29-19-20-31-27(21-29)22-32(38(31)4)25-13-9-6-10-14-25/h5-14,19-22,26,28,30,37H,15-18,23H2,1-4H3,(H,36,40)/t26-,28-,30-/m1/s1. The van der Waals surface area contributed by atoms with Gasteiger partial charge in [0, 0.05) is 35.6 Å². The van der Waals surface area contributed by atoms with Crippen molar-refractivity contribution in [1.82, 2.24) is 14.6 Å². The van der Waals surface area contributed by atoms with Crippen LogP contribution in [0.25, 0.3) is 22.2 Å². The van der Waals surface area contributed by atoms with E-state index in [2.05, 4.69) is 14.6 Å². The summed E-state index contributed by atoms with van der Waals surface area (Å²) in [6.07, 6.45) is 2.22. The van der Waals surface area contributed by atoms with Crippen LogP contribution < -0.4 is 10.0 Å². The molecule has 1 amide bonds. The Kier molecular flexibility index (Phi) is 9.27. The fourth-order valence-electron chi connectivity index (χ4n) is 5.92. The highest BCUT2D eigenvalue weighted by molar-refractivity contribution is 7.89. The van der Waals surface area contributed by atoms with Gasteiger partial charge in [-0.15, -0.1) is 0 Å². The molecule has 0 radical (unpaired) electrons. The first-order chi connectivity index (χ1) is 20.9. The molecule has 0 saturated heterocycles. The van der Waals surface area contributed by atoms with Crippen molar-refractivity contribution in [2.75, 3.05) is 0 Å². The fourth-order valence-corrected chi connectivity index (χ4v) is 7.26. The first-order valence-electron chi connectivity index (χ1n) is 15.1. The third kappa shape index (κ3) is 7.57. The Bertz CT molecular complexity index is 1720. The number of carbonyl (C=O) groups is 2. The molecule has 1 atom stereocenters. The van der Waals surface area contributed by atoms with Gasteiger partial charge in [-0.3, -0.25) is 9.59 Å². The predicted molar refractivity (Wildman–Crippen MR) is 172 cm³/mol. The SMILES string of the molecule is Cn1c(-c2ccccc2)cc2cc(S(=O)(=O)N[C@H]3CC[C@H](C(=O)N[C@H](CC(=O)OC(C)(C)C)c4ccccc4)CC3)ccc21. The van der Waals surface area contributed by atoms with Crippen LogP contribution in [-0.4, -0.2) is 36.5 Å². The number of rotatable bonds is 9. The molecule has 2 N–H and O–H groups in total. The Balaban J connectivity index is 1.21. The number of nitrogens with one attached hydrogen (secondary N) is 2. The molecule has 232 valence electrons. The van der Waals surface area contributed by atoms with E-state index in [-0.39, 0.29) is 35.2 Å². The molecule has 1 aliphatic carbocycles. The van der Waals surface area contributed by atoms with Gasteiger partial charge < -0.3 is 14.6 Å². The van der Waals surface area contributed by atoms with Gasteiger partial charge in [-0.25, -0.2) is 13.1 Å². The first-order valence-corrected chi connectivity index (χ1v) is 16.6. The maximum atomic E-state index is 13.4. The minimum Gasteiger partial charge on any atom is -0.460 e. The number of sulfonamides is 1. The summed E-state index contributed by atoms with van der Waals surface area (Å²) in [6.45, 7) is 5.44.